The number of ether oxygens (including phenoxy) is 2. The molecule has 0 atom stereocenters. The number of carbonyl (C=O) groups excluding carboxylic acids is 3. The van der Waals surface area contributed by atoms with E-state index >= 15 is 0 Å². The van der Waals surface area contributed by atoms with E-state index in [-0.39, 0.29) is 36.7 Å². The zero-order valence-electron chi connectivity index (χ0n) is 17.5. The first kappa shape index (κ1) is 23.7. The summed E-state index contributed by atoms with van der Waals surface area (Å²) in [6.45, 7) is 8.22. The lowest BCUT2D eigenvalue weighted by Gasteiger charge is -2.24. The van der Waals surface area contributed by atoms with Crippen LogP contribution in [-0.2, 0) is 14.3 Å². The van der Waals surface area contributed by atoms with E-state index in [4.69, 9.17) is 9.47 Å². The number of esters is 1. The third-order valence-corrected chi connectivity index (χ3v) is 4.48. The highest BCUT2D eigenvalue weighted by Crippen LogP contribution is 2.15. The van der Waals surface area contributed by atoms with Crippen LogP contribution >= 0.6 is 0 Å². The number of nitrogens with one attached hydrogen (secondary N) is 1. The molecular weight excluding hydrogens is 358 g/mol. The van der Waals surface area contributed by atoms with Gasteiger partial charge in [0.15, 0.2) is 12.4 Å². The SMILES string of the molecule is CCCCCOc1ccc(C(=O)CCC(=O)OCC(=O)NC(C)(C)CC)cc1. The van der Waals surface area contributed by atoms with Crippen LogP contribution in [-0.4, -0.2) is 36.4 Å². The maximum absolute atomic E-state index is 12.2. The summed E-state index contributed by atoms with van der Waals surface area (Å²) in [5.74, 6) is -0.325. The predicted molar refractivity (Wildman–Crippen MR) is 108 cm³/mol. The molecule has 0 radical (unpaired) electrons. The maximum atomic E-state index is 12.2. The molecule has 0 fully saturated rings. The smallest absolute Gasteiger partial charge is 0.306 e. The summed E-state index contributed by atoms with van der Waals surface area (Å²) in [5.41, 5.74) is 0.182. The number of benzene rings is 1. The average Bonchev–Trinajstić information content (AvgIpc) is 2.68. The zero-order chi connectivity index (χ0) is 21.0. The lowest BCUT2D eigenvalue weighted by atomic mass is 10.0. The summed E-state index contributed by atoms with van der Waals surface area (Å²) >= 11 is 0. The Bertz CT molecular complexity index is 637. The first-order valence-corrected chi connectivity index (χ1v) is 10.00. The number of carbonyl (C=O) groups is 3. The quantitative estimate of drug-likeness (QED) is 0.311. The first-order valence-electron chi connectivity index (χ1n) is 10.00. The van der Waals surface area contributed by atoms with Gasteiger partial charge in [0.25, 0.3) is 5.91 Å². The fourth-order valence-electron chi connectivity index (χ4n) is 2.36. The van der Waals surface area contributed by atoms with Gasteiger partial charge in [0.2, 0.25) is 0 Å². The number of hydrogen-bond acceptors (Lipinski definition) is 5. The van der Waals surface area contributed by atoms with Crippen molar-refractivity contribution in [1.29, 1.82) is 0 Å². The summed E-state index contributed by atoms with van der Waals surface area (Å²) in [4.78, 5) is 35.7. The topological polar surface area (TPSA) is 81.7 Å². The van der Waals surface area contributed by atoms with Crippen molar-refractivity contribution in [2.45, 2.75) is 71.8 Å². The molecule has 0 saturated heterocycles. The van der Waals surface area contributed by atoms with Crippen molar-refractivity contribution < 1.29 is 23.9 Å². The molecule has 0 aliphatic rings. The third kappa shape index (κ3) is 9.53. The van der Waals surface area contributed by atoms with Gasteiger partial charge in [0.05, 0.1) is 13.0 Å². The monoisotopic (exact) mass is 391 g/mol. The molecule has 1 aromatic rings. The van der Waals surface area contributed by atoms with Gasteiger partial charge in [-0.05, 0) is 51.0 Å². The van der Waals surface area contributed by atoms with Crippen molar-refractivity contribution in [3.63, 3.8) is 0 Å². The Kier molecular flexibility index (Phi) is 10.3. The Morgan fingerprint density at radius 1 is 1.00 bits per heavy atom. The van der Waals surface area contributed by atoms with Gasteiger partial charge in [0, 0.05) is 17.5 Å². The van der Waals surface area contributed by atoms with Gasteiger partial charge < -0.3 is 14.8 Å². The Morgan fingerprint density at radius 2 is 1.68 bits per heavy atom. The van der Waals surface area contributed by atoms with E-state index in [1.807, 2.05) is 20.8 Å². The molecule has 0 spiro atoms. The van der Waals surface area contributed by atoms with Gasteiger partial charge in [-0.3, -0.25) is 14.4 Å². The number of ketones is 1. The van der Waals surface area contributed by atoms with Crippen LogP contribution in [0.15, 0.2) is 24.3 Å². The lowest BCUT2D eigenvalue weighted by Crippen LogP contribution is -2.44. The number of rotatable bonds is 13. The summed E-state index contributed by atoms with van der Waals surface area (Å²) in [5, 5.41) is 2.78. The molecule has 1 aromatic carbocycles. The fourth-order valence-corrected chi connectivity index (χ4v) is 2.36. The van der Waals surface area contributed by atoms with E-state index in [9.17, 15) is 14.4 Å². The van der Waals surface area contributed by atoms with E-state index in [1.165, 1.54) is 0 Å². The molecule has 0 aliphatic heterocycles. The summed E-state index contributed by atoms with van der Waals surface area (Å²) in [6.07, 6.45) is 4.03. The molecule has 1 amide bonds. The minimum atomic E-state index is -0.561. The Morgan fingerprint density at radius 3 is 2.29 bits per heavy atom. The highest BCUT2D eigenvalue weighted by molar-refractivity contribution is 5.97. The van der Waals surface area contributed by atoms with Gasteiger partial charge >= 0.3 is 5.97 Å². The van der Waals surface area contributed by atoms with Gasteiger partial charge in [-0.2, -0.15) is 0 Å². The second-order valence-electron chi connectivity index (χ2n) is 7.45. The maximum Gasteiger partial charge on any atom is 0.306 e. The van der Waals surface area contributed by atoms with E-state index < -0.39 is 5.97 Å². The van der Waals surface area contributed by atoms with Crippen LogP contribution in [0.3, 0.4) is 0 Å². The van der Waals surface area contributed by atoms with Crippen LogP contribution in [0, 0.1) is 0 Å². The standard InChI is InChI=1S/C22H33NO5/c1-5-7-8-15-27-18-11-9-17(10-12-18)19(24)13-14-21(26)28-16-20(25)23-22(3,4)6-2/h9-12H,5-8,13-16H2,1-4H3,(H,23,25). The molecule has 0 heterocycles. The number of hydrogen-bond donors (Lipinski definition) is 1. The molecule has 0 unspecified atom stereocenters. The fraction of sp³-hybridized carbons (Fsp3) is 0.591. The average molecular weight is 392 g/mol. The Balaban J connectivity index is 2.33. The minimum absolute atomic E-state index is 0.0393. The van der Waals surface area contributed by atoms with Crippen LogP contribution in [0.5, 0.6) is 5.75 Å². The highest BCUT2D eigenvalue weighted by atomic mass is 16.5. The van der Waals surface area contributed by atoms with E-state index in [0.29, 0.717) is 12.2 Å². The number of Topliss-reactive ketones (excluding diaryl/α,β-unsaturated/α-hetero) is 1. The van der Waals surface area contributed by atoms with Gasteiger partial charge in [-0.15, -0.1) is 0 Å². The van der Waals surface area contributed by atoms with E-state index in [0.717, 1.165) is 31.4 Å². The first-order chi connectivity index (χ1) is 13.3. The number of amides is 1. The lowest BCUT2D eigenvalue weighted by molar-refractivity contribution is -0.148. The molecule has 156 valence electrons. The molecule has 0 aromatic heterocycles. The second kappa shape index (κ2) is 12.2. The molecular formula is C22H33NO5. The van der Waals surface area contributed by atoms with Crippen molar-refractivity contribution >= 4 is 17.7 Å². The van der Waals surface area contributed by atoms with Gasteiger partial charge in [0.1, 0.15) is 5.75 Å². The highest BCUT2D eigenvalue weighted by Gasteiger charge is 2.19. The van der Waals surface area contributed by atoms with E-state index in [1.54, 1.807) is 24.3 Å². The van der Waals surface area contributed by atoms with Crippen molar-refractivity contribution in [2.75, 3.05) is 13.2 Å². The second-order valence-corrected chi connectivity index (χ2v) is 7.45. The number of unbranched alkanes of at least 4 members (excludes halogenated alkanes) is 2. The molecule has 1 N–H and O–H groups in total. The van der Waals surface area contributed by atoms with Crippen molar-refractivity contribution in [3.05, 3.63) is 29.8 Å². The molecule has 6 nitrogen and oxygen atoms in total. The molecule has 1 rings (SSSR count). The van der Waals surface area contributed by atoms with Crippen molar-refractivity contribution in [3.8, 4) is 5.75 Å². The van der Waals surface area contributed by atoms with Gasteiger partial charge in [-0.25, -0.2) is 0 Å². The third-order valence-electron chi connectivity index (χ3n) is 4.48. The van der Waals surface area contributed by atoms with Crippen LogP contribution in [0.4, 0.5) is 0 Å². The van der Waals surface area contributed by atoms with Crippen LogP contribution < -0.4 is 10.1 Å². The largest absolute Gasteiger partial charge is 0.494 e. The molecule has 6 heteroatoms. The molecule has 0 saturated carbocycles. The molecule has 0 aliphatic carbocycles. The summed E-state index contributed by atoms with van der Waals surface area (Å²) in [7, 11) is 0. The van der Waals surface area contributed by atoms with E-state index in [2.05, 4.69) is 12.2 Å². The summed E-state index contributed by atoms with van der Waals surface area (Å²) in [6, 6.07) is 6.92. The predicted octanol–water partition coefficient (Wildman–Crippen LogP) is 4.07. The van der Waals surface area contributed by atoms with Crippen LogP contribution in [0.25, 0.3) is 0 Å². The Labute approximate surface area is 168 Å². The summed E-state index contributed by atoms with van der Waals surface area (Å²) < 4.78 is 10.6. The van der Waals surface area contributed by atoms with Gasteiger partial charge in [-0.1, -0.05) is 26.7 Å². The molecule has 0 bridgehead atoms. The Hall–Kier alpha value is -2.37. The van der Waals surface area contributed by atoms with Crippen LogP contribution in [0.1, 0.15) is 76.6 Å². The normalized spacial score (nSPS) is 11.0. The van der Waals surface area contributed by atoms with Crippen LogP contribution in [0.2, 0.25) is 0 Å². The van der Waals surface area contributed by atoms with Crippen molar-refractivity contribution in [2.24, 2.45) is 0 Å². The minimum Gasteiger partial charge on any atom is -0.494 e. The van der Waals surface area contributed by atoms with Crippen molar-refractivity contribution in [1.82, 2.24) is 5.32 Å². The zero-order valence-corrected chi connectivity index (χ0v) is 17.5. The molecule has 28 heavy (non-hydrogen) atoms.